The van der Waals surface area contributed by atoms with E-state index in [0.29, 0.717) is 22.9 Å². The molecule has 6 heteroatoms. The lowest BCUT2D eigenvalue weighted by Crippen LogP contribution is -2.28. The van der Waals surface area contributed by atoms with Gasteiger partial charge in [0.25, 0.3) is 0 Å². The molecule has 2 N–H and O–H groups in total. The first-order valence-corrected chi connectivity index (χ1v) is 7.40. The molecule has 0 aromatic heterocycles. The molecule has 23 heavy (non-hydrogen) atoms. The highest BCUT2D eigenvalue weighted by Crippen LogP contribution is 2.17. The van der Waals surface area contributed by atoms with Crippen LogP contribution in [0.15, 0.2) is 48.5 Å². The smallest absolute Gasteiger partial charge is 0.337 e. The Morgan fingerprint density at radius 3 is 2.65 bits per heavy atom. The Morgan fingerprint density at radius 1 is 1.13 bits per heavy atom. The third-order valence-corrected chi connectivity index (χ3v) is 3.42. The van der Waals surface area contributed by atoms with Gasteiger partial charge in [-0.1, -0.05) is 24.3 Å². The van der Waals surface area contributed by atoms with Gasteiger partial charge in [-0.05, 0) is 36.5 Å². The summed E-state index contributed by atoms with van der Waals surface area (Å²) in [4.78, 5) is 11.5. The standard InChI is InChI=1S/C17H18N2O3S/c1-21-15-9-4-3-6-13(15)11-18-17(23)19-14-8-5-7-12(10-14)16(20)22-2/h3-10H,11H2,1-2H3,(H2,18,19,23). The SMILES string of the molecule is COC(=O)c1cccc(NC(=S)NCc2ccccc2OC)c1. The molecule has 2 aromatic rings. The van der Waals surface area contributed by atoms with Crippen molar-refractivity contribution in [1.29, 1.82) is 0 Å². The summed E-state index contributed by atoms with van der Waals surface area (Å²) in [5.74, 6) is 0.414. The second-order valence-electron chi connectivity index (χ2n) is 4.69. The van der Waals surface area contributed by atoms with E-state index < -0.39 is 0 Å². The summed E-state index contributed by atoms with van der Waals surface area (Å²) in [6.07, 6.45) is 0. The molecular weight excluding hydrogens is 312 g/mol. The van der Waals surface area contributed by atoms with Crippen molar-refractivity contribution in [3.63, 3.8) is 0 Å². The minimum atomic E-state index is -0.387. The number of anilines is 1. The van der Waals surface area contributed by atoms with Gasteiger partial charge in [0.1, 0.15) is 5.75 Å². The summed E-state index contributed by atoms with van der Waals surface area (Å²) in [6, 6.07) is 14.7. The number of rotatable bonds is 5. The number of carbonyl (C=O) groups is 1. The summed E-state index contributed by atoms with van der Waals surface area (Å²) in [7, 11) is 2.98. The molecule has 0 aliphatic rings. The molecular formula is C17H18N2O3S. The van der Waals surface area contributed by atoms with Crippen molar-refractivity contribution in [2.75, 3.05) is 19.5 Å². The quantitative estimate of drug-likeness (QED) is 0.649. The zero-order valence-electron chi connectivity index (χ0n) is 13.0. The Kier molecular flexibility index (Phi) is 5.94. The van der Waals surface area contributed by atoms with Crippen molar-refractivity contribution in [2.24, 2.45) is 0 Å². The van der Waals surface area contributed by atoms with Crippen molar-refractivity contribution in [1.82, 2.24) is 5.32 Å². The second-order valence-corrected chi connectivity index (χ2v) is 5.10. The Morgan fingerprint density at radius 2 is 1.91 bits per heavy atom. The number of esters is 1. The lowest BCUT2D eigenvalue weighted by Gasteiger charge is -2.13. The highest BCUT2D eigenvalue weighted by molar-refractivity contribution is 7.80. The molecule has 0 bridgehead atoms. The van der Waals surface area contributed by atoms with Crippen LogP contribution in [0.2, 0.25) is 0 Å². The first-order chi connectivity index (χ1) is 11.1. The molecule has 0 aliphatic heterocycles. The van der Waals surface area contributed by atoms with E-state index >= 15 is 0 Å². The lowest BCUT2D eigenvalue weighted by molar-refractivity contribution is 0.0601. The fourth-order valence-electron chi connectivity index (χ4n) is 2.04. The molecule has 2 rings (SSSR count). The highest BCUT2D eigenvalue weighted by atomic mass is 32.1. The van der Waals surface area contributed by atoms with Gasteiger partial charge in [0.05, 0.1) is 19.8 Å². The van der Waals surface area contributed by atoms with Crippen molar-refractivity contribution in [3.8, 4) is 5.75 Å². The van der Waals surface area contributed by atoms with Crippen LogP contribution in [0.25, 0.3) is 0 Å². The summed E-state index contributed by atoms with van der Waals surface area (Å²) in [5, 5.41) is 6.61. The molecule has 5 nitrogen and oxygen atoms in total. The topological polar surface area (TPSA) is 59.6 Å². The van der Waals surface area contributed by atoms with Crippen LogP contribution in [0.5, 0.6) is 5.75 Å². The van der Waals surface area contributed by atoms with Gasteiger partial charge in [-0.2, -0.15) is 0 Å². The molecule has 0 fully saturated rings. The Hall–Kier alpha value is -2.60. The molecule has 0 saturated carbocycles. The number of methoxy groups -OCH3 is 2. The fourth-order valence-corrected chi connectivity index (χ4v) is 2.23. The van der Waals surface area contributed by atoms with Crippen LogP contribution in [-0.4, -0.2) is 25.3 Å². The van der Waals surface area contributed by atoms with Gasteiger partial charge < -0.3 is 20.1 Å². The third kappa shape index (κ3) is 4.69. The minimum Gasteiger partial charge on any atom is -0.496 e. The number of benzene rings is 2. The van der Waals surface area contributed by atoms with Gasteiger partial charge in [-0.3, -0.25) is 0 Å². The van der Waals surface area contributed by atoms with E-state index in [1.165, 1.54) is 7.11 Å². The van der Waals surface area contributed by atoms with E-state index in [9.17, 15) is 4.79 Å². The molecule has 120 valence electrons. The zero-order valence-corrected chi connectivity index (χ0v) is 13.8. The van der Waals surface area contributed by atoms with Gasteiger partial charge in [0, 0.05) is 17.8 Å². The Labute approximate surface area is 140 Å². The van der Waals surface area contributed by atoms with Crippen LogP contribution in [-0.2, 0) is 11.3 Å². The van der Waals surface area contributed by atoms with Gasteiger partial charge in [-0.25, -0.2) is 4.79 Å². The average molecular weight is 330 g/mol. The number of nitrogens with one attached hydrogen (secondary N) is 2. The van der Waals surface area contributed by atoms with Crippen LogP contribution < -0.4 is 15.4 Å². The number of ether oxygens (including phenoxy) is 2. The Bertz CT molecular complexity index is 704. The van der Waals surface area contributed by atoms with Crippen molar-refractivity contribution >= 4 is 29.0 Å². The van der Waals surface area contributed by atoms with E-state index in [0.717, 1.165) is 11.3 Å². The van der Waals surface area contributed by atoms with E-state index in [-0.39, 0.29) is 5.97 Å². The predicted octanol–water partition coefficient (Wildman–Crippen LogP) is 2.97. The first kappa shape index (κ1) is 16.8. The van der Waals surface area contributed by atoms with Gasteiger partial charge >= 0.3 is 5.97 Å². The number of para-hydroxylation sites is 1. The summed E-state index contributed by atoms with van der Waals surface area (Å²) >= 11 is 5.27. The number of thiocarbonyl (C=S) groups is 1. The molecule has 0 radical (unpaired) electrons. The molecule has 0 aliphatic carbocycles. The van der Waals surface area contributed by atoms with Crippen molar-refractivity contribution in [3.05, 3.63) is 59.7 Å². The molecule has 0 amide bonds. The van der Waals surface area contributed by atoms with Crippen LogP contribution in [0, 0.1) is 0 Å². The van der Waals surface area contributed by atoms with Gasteiger partial charge in [0.15, 0.2) is 5.11 Å². The van der Waals surface area contributed by atoms with Crippen LogP contribution in [0.3, 0.4) is 0 Å². The van der Waals surface area contributed by atoms with E-state index in [1.54, 1.807) is 25.3 Å². The van der Waals surface area contributed by atoms with Crippen LogP contribution >= 0.6 is 12.2 Å². The first-order valence-electron chi connectivity index (χ1n) is 6.99. The van der Waals surface area contributed by atoms with Crippen LogP contribution in [0.4, 0.5) is 5.69 Å². The zero-order chi connectivity index (χ0) is 16.7. The van der Waals surface area contributed by atoms with E-state index in [2.05, 4.69) is 10.6 Å². The maximum absolute atomic E-state index is 11.5. The number of hydrogen-bond acceptors (Lipinski definition) is 4. The fraction of sp³-hybridized carbons (Fsp3) is 0.176. The molecule has 0 unspecified atom stereocenters. The average Bonchev–Trinajstić information content (AvgIpc) is 2.59. The molecule has 2 aromatic carbocycles. The van der Waals surface area contributed by atoms with E-state index in [1.807, 2.05) is 30.3 Å². The number of carbonyl (C=O) groups excluding carboxylic acids is 1. The van der Waals surface area contributed by atoms with Gasteiger partial charge in [0.2, 0.25) is 0 Å². The minimum absolute atomic E-state index is 0.387. The maximum Gasteiger partial charge on any atom is 0.337 e. The predicted molar refractivity (Wildman–Crippen MR) is 93.8 cm³/mol. The Balaban J connectivity index is 1.96. The summed E-state index contributed by atoms with van der Waals surface area (Å²) in [5.41, 5.74) is 2.18. The molecule has 0 atom stereocenters. The maximum atomic E-state index is 11.5. The monoisotopic (exact) mass is 330 g/mol. The van der Waals surface area contributed by atoms with Gasteiger partial charge in [-0.15, -0.1) is 0 Å². The largest absolute Gasteiger partial charge is 0.496 e. The summed E-state index contributed by atoms with van der Waals surface area (Å²) in [6.45, 7) is 0.534. The molecule has 0 saturated heterocycles. The number of hydrogen-bond donors (Lipinski definition) is 2. The van der Waals surface area contributed by atoms with E-state index in [4.69, 9.17) is 21.7 Å². The van der Waals surface area contributed by atoms with Crippen molar-refractivity contribution in [2.45, 2.75) is 6.54 Å². The molecule has 0 heterocycles. The summed E-state index contributed by atoms with van der Waals surface area (Å²) < 4.78 is 9.99. The molecule has 0 spiro atoms. The normalized spacial score (nSPS) is 9.83. The highest BCUT2D eigenvalue weighted by Gasteiger charge is 2.07. The third-order valence-electron chi connectivity index (χ3n) is 3.17. The van der Waals surface area contributed by atoms with Crippen LogP contribution in [0.1, 0.15) is 15.9 Å². The second kappa shape index (κ2) is 8.14. The van der Waals surface area contributed by atoms with Crippen molar-refractivity contribution < 1.29 is 14.3 Å². The lowest BCUT2D eigenvalue weighted by atomic mass is 10.2.